The highest BCUT2D eigenvalue weighted by molar-refractivity contribution is 6.33. The lowest BCUT2D eigenvalue weighted by Crippen LogP contribution is -2.28. The molecule has 100 valence electrons. The van der Waals surface area contributed by atoms with E-state index in [1.807, 2.05) is 0 Å². The predicted octanol–water partition coefficient (Wildman–Crippen LogP) is 3.83. The van der Waals surface area contributed by atoms with Crippen LogP contribution in [-0.2, 0) is 6.54 Å². The summed E-state index contributed by atoms with van der Waals surface area (Å²) in [6.07, 6.45) is 3.79. The fourth-order valence-corrected chi connectivity index (χ4v) is 3.05. The quantitative estimate of drug-likeness (QED) is 0.871. The molecule has 18 heavy (non-hydrogen) atoms. The van der Waals surface area contributed by atoms with Crippen molar-refractivity contribution >= 4 is 17.3 Å². The number of hydrogen-bond acceptors (Lipinski definition) is 2. The fourth-order valence-electron chi connectivity index (χ4n) is 2.74. The van der Waals surface area contributed by atoms with Gasteiger partial charge >= 0.3 is 0 Å². The molecule has 0 spiro atoms. The topological polar surface area (TPSA) is 15.3 Å². The molecule has 0 bridgehead atoms. The maximum Gasteiger partial charge on any atom is 0.0642 e. The Morgan fingerprint density at radius 3 is 2.89 bits per heavy atom. The second-order valence-electron chi connectivity index (χ2n) is 4.96. The summed E-state index contributed by atoms with van der Waals surface area (Å²) in [5.74, 6) is 0. The molecule has 0 saturated carbocycles. The lowest BCUT2D eigenvalue weighted by molar-refractivity contribution is 0.645. The van der Waals surface area contributed by atoms with E-state index in [1.165, 1.54) is 30.5 Å². The molecule has 0 radical (unpaired) electrons. The highest BCUT2D eigenvalue weighted by atomic mass is 35.5. The van der Waals surface area contributed by atoms with E-state index in [-0.39, 0.29) is 0 Å². The normalized spacial score (nSPS) is 19.5. The molecule has 1 saturated heterocycles. The van der Waals surface area contributed by atoms with Crippen LogP contribution >= 0.6 is 11.6 Å². The maximum absolute atomic E-state index is 6.44. The summed E-state index contributed by atoms with van der Waals surface area (Å²) in [5.41, 5.74) is 2.47. The molecular weight excluding hydrogens is 244 g/mol. The van der Waals surface area contributed by atoms with E-state index in [4.69, 9.17) is 11.6 Å². The molecule has 0 aliphatic carbocycles. The molecule has 0 amide bonds. The van der Waals surface area contributed by atoms with Crippen LogP contribution in [0.25, 0.3) is 0 Å². The first-order valence-corrected chi connectivity index (χ1v) is 7.39. The minimum atomic E-state index is 0.669. The Morgan fingerprint density at radius 2 is 2.22 bits per heavy atom. The Morgan fingerprint density at radius 1 is 1.39 bits per heavy atom. The summed E-state index contributed by atoms with van der Waals surface area (Å²) >= 11 is 6.44. The number of hydrogen-bond donors (Lipinski definition) is 1. The number of benzene rings is 1. The van der Waals surface area contributed by atoms with Crippen LogP contribution in [0.2, 0.25) is 5.02 Å². The molecule has 1 fully saturated rings. The van der Waals surface area contributed by atoms with Gasteiger partial charge in [0.1, 0.15) is 0 Å². The monoisotopic (exact) mass is 266 g/mol. The first kappa shape index (κ1) is 13.7. The van der Waals surface area contributed by atoms with Crippen molar-refractivity contribution in [2.45, 2.75) is 45.7 Å². The van der Waals surface area contributed by atoms with Gasteiger partial charge in [-0.1, -0.05) is 31.5 Å². The van der Waals surface area contributed by atoms with E-state index in [0.717, 1.165) is 24.7 Å². The standard InChI is InChI=1S/C15H23ClN2/c1-3-13-6-5-9-18(13)15-8-7-12(10-14(15)16)11-17-4-2/h7-8,10,13,17H,3-6,9,11H2,1-2H3. The summed E-state index contributed by atoms with van der Waals surface area (Å²) in [5, 5.41) is 4.22. The molecule has 3 heteroatoms. The summed E-state index contributed by atoms with van der Waals surface area (Å²) in [4.78, 5) is 2.47. The van der Waals surface area contributed by atoms with Crippen molar-refractivity contribution in [1.29, 1.82) is 0 Å². The molecular formula is C15H23ClN2. The molecule has 0 aromatic heterocycles. The first-order chi connectivity index (χ1) is 8.76. The number of nitrogens with one attached hydrogen (secondary N) is 1. The number of nitrogens with zero attached hydrogens (tertiary/aromatic N) is 1. The summed E-state index contributed by atoms with van der Waals surface area (Å²) < 4.78 is 0. The third kappa shape index (κ3) is 2.99. The molecule has 1 unspecified atom stereocenters. The van der Waals surface area contributed by atoms with Crippen molar-refractivity contribution in [1.82, 2.24) is 5.32 Å². The smallest absolute Gasteiger partial charge is 0.0642 e. The second kappa shape index (κ2) is 6.44. The van der Waals surface area contributed by atoms with Gasteiger partial charge in [0.05, 0.1) is 10.7 Å². The lowest BCUT2D eigenvalue weighted by atomic mass is 10.1. The van der Waals surface area contributed by atoms with Crippen LogP contribution in [-0.4, -0.2) is 19.1 Å². The van der Waals surface area contributed by atoms with Crippen molar-refractivity contribution in [2.75, 3.05) is 18.0 Å². The van der Waals surface area contributed by atoms with Crippen LogP contribution < -0.4 is 10.2 Å². The molecule has 1 aliphatic heterocycles. The average Bonchev–Trinajstić information content (AvgIpc) is 2.84. The minimum Gasteiger partial charge on any atom is -0.367 e. The van der Waals surface area contributed by atoms with Crippen LogP contribution in [0.1, 0.15) is 38.7 Å². The molecule has 2 nitrogen and oxygen atoms in total. The van der Waals surface area contributed by atoms with Gasteiger partial charge in [-0.2, -0.15) is 0 Å². The molecule has 1 aliphatic rings. The Kier molecular flexibility index (Phi) is 4.90. The Balaban J connectivity index is 2.14. The molecule has 1 N–H and O–H groups in total. The Labute approximate surface area is 115 Å². The average molecular weight is 267 g/mol. The van der Waals surface area contributed by atoms with Crippen molar-refractivity contribution in [3.05, 3.63) is 28.8 Å². The molecule has 1 heterocycles. The fraction of sp³-hybridized carbons (Fsp3) is 0.600. The summed E-state index contributed by atoms with van der Waals surface area (Å²) in [6, 6.07) is 7.14. The number of anilines is 1. The maximum atomic E-state index is 6.44. The van der Waals surface area contributed by atoms with Crippen LogP contribution in [0.4, 0.5) is 5.69 Å². The molecule has 1 atom stereocenters. The van der Waals surface area contributed by atoms with E-state index in [9.17, 15) is 0 Å². The van der Waals surface area contributed by atoms with E-state index in [1.54, 1.807) is 0 Å². The largest absolute Gasteiger partial charge is 0.367 e. The van der Waals surface area contributed by atoms with Gasteiger partial charge in [-0.3, -0.25) is 0 Å². The van der Waals surface area contributed by atoms with Gasteiger partial charge in [-0.05, 0) is 43.5 Å². The van der Waals surface area contributed by atoms with Crippen molar-refractivity contribution < 1.29 is 0 Å². The van der Waals surface area contributed by atoms with Gasteiger partial charge in [0, 0.05) is 19.1 Å². The van der Waals surface area contributed by atoms with E-state index in [0.29, 0.717) is 6.04 Å². The van der Waals surface area contributed by atoms with Crippen LogP contribution in [0.15, 0.2) is 18.2 Å². The molecule has 1 aromatic rings. The lowest BCUT2D eigenvalue weighted by Gasteiger charge is -2.27. The third-order valence-corrected chi connectivity index (χ3v) is 4.05. The number of rotatable bonds is 5. The Hall–Kier alpha value is -0.730. The molecule has 2 rings (SSSR count). The van der Waals surface area contributed by atoms with Crippen LogP contribution in [0.5, 0.6) is 0 Å². The predicted molar refractivity (Wildman–Crippen MR) is 79.5 cm³/mol. The van der Waals surface area contributed by atoms with Crippen molar-refractivity contribution in [3.8, 4) is 0 Å². The summed E-state index contributed by atoms with van der Waals surface area (Å²) in [7, 11) is 0. The van der Waals surface area contributed by atoms with Crippen molar-refractivity contribution in [2.24, 2.45) is 0 Å². The van der Waals surface area contributed by atoms with E-state index < -0.39 is 0 Å². The second-order valence-corrected chi connectivity index (χ2v) is 5.37. The molecule has 1 aromatic carbocycles. The minimum absolute atomic E-state index is 0.669. The van der Waals surface area contributed by atoms with Gasteiger partial charge in [-0.25, -0.2) is 0 Å². The van der Waals surface area contributed by atoms with E-state index >= 15 is 0 Å². The van der Waals surface area contributed by atoms with Gasteiger partial charge in [-0.15, -0.1) is 0 Å². The first-order valence-electron chi connectivity index (χ1n) is 7.02. The third-order valence-electron chi connectivity index (χ3n) is 3.75. The Bertz CT molecular complexity index is 392. The van der Waals surface area contributed by atoms with Gasteiger partial charge in [0.25, 0.3) is 0 Å². The highest BCUT2D eigenvalue weighted by Crippen LogP contribution is 2.33. The highest BCUT2D eigenvalue weighted by Gasteiger charge is 2.24. The van der Waals surface area contributed by atoms with Gasteiger partial charge in [0.2, 0.25) is 0 Å². The zero-order valence-electron chi connectivity index (χ0n) is 11.4. The zero-order chi connectivity index (χ0) is 13.0. The van der Waals surface area contributed by atoms with E-state index in [2.05, 4.69) is 42.3 Å². The van der Waals surface area contributed by atoms with Gasteiger partial charge < -0.3 is 10.2 Å². The number of halogens is 1. The van der Waals surface area contributed by atoms with Crippen LogP contribution in [0.3, 0.4) is 0 Å². The SMILES string of the molecule is CCNCc1ccc(N2CCCC2CC)c(Cl)c1. The van der Waals surface area contributed by atoms with Crippen LogP contribution in [0, 0.1) is 0 Å². The zero-order valence-corrected chi connectivity index (χ0v) is 12.1. The summed E-state index contributed by atoms with van der Waals surface area (Å²) in [6.45, 7) is 7.41. The van der Waals surface area contributed by atoms with Crippen molar-refractivity contribution in [3.63, 3.8) is 0 Å². The van der Waals surface area contributed by atoms with Gasteiger partial charge in [0.15, 0.2) is 0 Å².